The van der Waals surface area contributed by atoms with Crippen LogP contribution in [-0.4, -0.2) is 18.1 Å². The molecular weight excluding hydrogens is 248 g/mol. The van der Waals surface area contributed by atoms with Gasteiger partial charge in [-0.1, -0.05) is 44.5 Å². The number of fused-ring (bicyclic) bond motifs is 1. The molecule has 0 saturated carbocycles. The first-order chi connectivity index (χ1) is 9.45. The van der Waals surface area contributed by atoms with Crippen molar-refractivity contribution in [3.05, 3.63) is 35.5 Å². The van der Waals surface area contributed by atoms with Gasteiger partial charge in [-0.25, -0.2) is 10.0 Å². The average Bonchev–Trinajstić information content (AvgIpc) is 2.89. The maximum Gasteiger partial charge on any atom is 0.153 e. The van der Waals surface area contributed by atoms with Gasteiger partial charge in [0.05, 0.1) is 12.3 Å². The Bertz CT molecular complexity index is 637. The molecule has 1 saturated heterocycles. The van der Waals surface area contributed by atoms with Crippen molar-refractivity contribution in [3.8, 4) is 0 Å². The molecule has 0 radical (unpaired) electrons. The van der Waals surface area contributed by atoms with Crippen molar-refractivity contribution in [1.82, 2.24) is 4.98 Å². The van der Waals surface area contributed by atoms with Crippen molar-refractivity contribution in [2.75, 3.05) is 18.2 Å². The highest BCUT2D eigenvalue weighted by atomic mass is 16.7. The number of benzene rings is 1. The van der Waals surface area contributed by atoms with Crippen molar-refractivity contribution in [2.24, 2.45) is 0 Å². The lowest BCUT2D eigenvalue weighted by atomic mass is 9.88. The van der Waals surface area contributed by atoms with Crippen molar-refractivity contribution in [1.29, 1.82) is 0 Å². The third-order valence-electron chi connectivity index (χ3n) is 3.69. The van der Waals surface area contributed by atoms with Crippen LogP contribution >= 0.6 is 0 Å². The number of aromatic nitrogens is 1. The summed E-state index contributed by atoms with van der Waals surface area (Å²) < 4.78 is 0. The van der Waals surface area contributed by atoms with Gasteiger partial charge < -0.3 is 0 Å². The molecule has 1 fully saturated rings. The molecule has 1 aliphatic heterocycles. The van der Waals surface area contributed by atoms with Gasteiger partial charge in [0, 0.05) is 17.3 Å². The van der Waals surface area contributed by atoms with Crippen LogP contribution in [0.2, 0.25) is 0 Å². The van der Waals surface area contributed by atoms with Gasteiger partial charge in [0.1, 0.15) is 0 Å². The van der Waals surface area contributed by atoms with Crippen LogP contribution in [0.1, 0.15) is 38.4 Å². The number of hydroxylamine groups is 1. The second-order valence-electron chi connectivity index (χ2n) is 6.59. The molecule has 2 heterocycles. The molecule has 1 aliphatic rings. The van der Waals surface area contributed by atoms with E-state index in [2.05, 4.69) is 52.0 Å². The number of aryl methyl sites for hydroxylation is 1. The number of nitrogens with zero attached hydrogens (tertiary/aromatic N) is 2. The van der Waals surface area contributed by atoms with Gasteiger partial charge in [-0.15, -0.1) is 0 Å². The zero-order valence-corrected chi connectivity index (χ0v) is 12.7. The highest BCUT2D eigenvalue weighted by molar-refractivity contribution is 5.88. The van der Waals surface area contributed by atoms with Gasteiger partial charge in [-0.05, 0) is 24.8 Å². The SMILES string of the molecule is Cc1ccc2c(C(C)(C)C)nc(N3CCCO3)cc2c1. The topological polar surface area (TPSA) is 25.4 Å². The Morgan fingerprint density at radius 1 is 1.20 bits per heavy atom. The molecule has 1 aromatic heterocycles. The third-order valence-corrected chi connectivity index (χ3v) is 3.69. The van der Waals surface area contributed by atoms with E-state index in [0.29, 0.717) is 0 Å². The molecule has 0 aliphatic carbocycles. The Morgan fingerprint density at radius 2 is 2.00 bits per heavy atom. The van der Waals surface area contributed by atoms with Crippen LogP contribution in [0.5, 0.6) is 0 Å². The Balaban J connectivity index is 2.22. The molecule has 3 rings (SSSR count). The Kier molecular flexibility index (Phi) is 3.17. The van der Waals surface area contributed by atoms with Gasteiger partial charge in [0.25, 0.3) is 0 Å². The zero-order valence-electron chi connectivity index (χ0n) is 12.7. The average molecular weight is 270 g/mol. The van der Waals surface area contributed by atoms with E-state index >= 15 is 0 Å². The molecule has 0 N–H and O–H groups in total. The lowest BCUT2D eigenvalue weighted by Gasteiger charge is -2.24. The van der Waals surface area contributed by atoms with Crippen molar-refractivity contribution in [3.63, 3.8) is 0 Å². The van der Waals surface area contributed by atoms with E-state index in [9.17, 15) is 0 Å². The van der Waals surface area contributed by atoms with Crippen LogP contribution in [0.4, 0.5) is 5.82 Å². The highest BCUT2D eigenvalue weighted by Crippen LogP contribution is 2.32. The minimum absolute atomic E-state index is 0.0171. The van der Waals surface area contributed by atoms with Crippen molar-refractivity contribution in [2.45, 2.75) is 39.5 Å². The number of pyridine rings is 1. The number of rotatable bonds is 1. The van der Waals surface area contributed by atoms with Crippen LogP contribution in [-0.2, 0) is 10.3 Å². The van der Waals surface area contributed by atoms with Crippen LogP contribution in [0.15, 0.2) is 24.3 Å². The van der Waals surface area contributed by atoms with Crippen molar-refractivity contribution < 1.29 is 4.84 Å². The summed E-state index contributed by atoms with van der Waals surface area (Å²) in [5.41, 5.74) is 2.43. The molecule has 20 heavy (non-hydrogen) atoms. The summed E-state index contributed by atoms with van der Waals surface area (Å²) in [4.78, 5) is 10.5. The minimum Gasteiger partial charge on any atom is -0.272 e. The van der Waals surface area contributed by atoms with E-state index in [4.69, 9.17) is 9.82 Å². The van der Waals surface area contributed by atoms with E-state index in [1.54, 1.807) is 0 Å². The fourth-order valence-electron chi connectivity index (χ4n) is 2.69. The number of anilines is 1. The zero-order chi connectivity index (χ0) is 14.3. The van der Waals surface area contributed by atoms with E-state index < -0.39 is 0 Å². The lowest BCUT2D eigenvalue weighted by Crippen LogP contribution is -2.21. The van der Waals surface area contributed by atoms with Gasteiger partial charge in [-0.3, -0.25) is 4.84 Å². The molecule has 0 atom stereocenters. The summed E-state index contributed by atoms with van der Waals surface area (Å²) in [7, 11) is 0. The van der Waals surface area contributed by atoms with E-state index in [-0.39, 0.29) is 5.41 Å². The van der Waals surface area contributed by atoms with Gasteiger partial charge in [0.2, 0.25) is 0 Å². The molecule has 3 nitrogen and oxygen atoms in total. The van der Waals surface area contributed by atoms with Crippen LogP contribution in [0, 0.1) is 6.92 Å². The fraction of sp³-hybridized carbons (Fsp3) is 0.471. The van der Waals surface area contributed by atoms with Gasteiger partial charge in [0.15, 0.2) is 5.82 Å². The lowest BCUT2D eigenvalue weighted by molar-refractivity contribution is 0.166. The second kappa shape index (κ2) is 4.74. The number of hydrogen-bond donors (Lipinski definition) is 0. The quantitative estimate of drug-likeness (QED) is 0.783. The Morgan fingerprint density at radius 3 is 2.65 bits per heavy atom. The molecule has 0 bridgehead atoms. The van der Waals surface area contributed by atoms with E-state index in [1.807, 2.05) is 5.06 Å². The predicted octanol–water partition coefficient (Wildman–Crippen LogP) is 3.98. The monoisotopic (exact) mass is 270 g/mol. The van der Waals surface area contributed by atoms with Crippen LogP contribution in [0.25, 0.3) is 10.8 Å². The first-order valence-corrected chi connectivity index (χ1v) is 7.27. The highest BCUT2D eigenvalue weighted by Gasteiger charge is 2.23. The first kappa shape index (κ1) is 13.4. The summed E-state index contributed by atoms with van der Waals surface area (Å²) >= 11 is 0. The molecule has 0 spiro atoms. The summed E-state index contributed by atoms with van der Waals surface area (Å²) in [5.74, 6) is 0.936. The van der Waals surface area contributed by atoms with Gasteiger partial charge >= 0.3 is 0 Å². The Labute approximate surface area is 120 Å². The molecule has 0 unspecified atom stereocenters. The molecule has 2 aromatic rings. The molecule has 1 aromatic carbocycles. The minimum atomic E-state index is 0.0171. The predicted molar refractivity (Wildman–Crippen MR) is 83.1 cm³/mol. The first-order valence-electron chi connectivity index (χ1n) is 7.27. The van der Waals surface area contributed by atoms with Crippen molar-refractivity contribution >= 4 is 16.6 Å². The van der Waals surface area contributed by atoms with Gasteiger partial charge in [-0.2, -0.15) is 0 Å². The summed E-state index contributed by atoms with van der Waals surface area (Å²) in [6.45, 7) is 10.5. The molecule has 3 heteroatoms. The van der Waals surface area contributed by atoms with E-state index in [1.165, 1.54) is 16.3 Å². The third kappa shape index (κ3) is 2.38. The Hall–Kier alpha value is -1.61. The normalized spacial score (nSPS) is 16.1. The standard InChI is InChI=1S/C17H22N2O/c1-12-6-7-14-13(10-12)11-15(19-8-5-9-20-19)18-16(14)17(2,3)4/h6-7,10-11H,5,8-9H2,1-4H3. The fourth-order valence-corrected chi connectivity index (χ4v) is 2.69. The van der Waals surface area contributed by atoms with Crippen LogP contribution < -0.4 is 5.06 Å². The molecule has 106 valence electrons. The smallest absolute Gasteiger partial charge is 0.153 e. The molecule has 0 amide bonds. The van der Waals surface area contributed by atoms with Crippen LogP contribution in [0.3, 0.4) is 0 Å². The second-order valence-corrected chi connectivity index (χ2v) is 6.59. The largest absolute Gasteiger partial charge is 0.272 e. The number of hydrogen-bond acceptors (Lipinski definition) is 3. The maximum atomic E-state index is 5.66. The molecular formula is C17H22N2O. The summed E-state index contributed by atoms with van der Waals surface area (Å²) in [6.07, 6.45) is 1.07. The summed E-state index contributed by atoms with van der Waals surface area (Å²) in [5, 5.41) is 4.42. The summed E-state index contributed by atoms with van der Waals surface area (Å²) in [6, 6.07) is 8.72. The van der Waals surface area contributed by atoms with E-state index in [0.717, 1.165) is 31.1 Å². The maximum absolute atomic E-state index is 5.66.